The molecule has 2 heterocycles. The molecule has 0 bridgehead atoms. The van der Waals surface area contributed by atoms with E-state index in [0.29, 0.717) is 37.1 Å². The van der Waals surface area contributed by atoms with Crippen molar-refractivity contribution in [1.82, 2.24) is 15.2 Å². The van der Waals surface area contributed by atoms with Crippen LogP contribution >= 0.6 is 11.3 Å². The summed E-state index contributed by atoms with van der Waals surface area (Å²) in [5.74, 6) is -0.0896. The van der Waals surface area contributed by atoms with Crippen molar-refractivity contribution in [2.75, 3.05) is 18.8 Å². The lowest BCUT2D eigenvalue weighted by Gasteiger charge is -2.15. The van der Waals surface area contributed by atoms with E-state index >= 15 is 0 Å². The van der Waals surface area contributed by atoms with Crippen LogP contribution in [0.3, 0.4) is 0 Å². The number of nitrogen functional groups attached to an aromatic ring is 1. The second-order valence-electron chi connectivity index (χ2n) is 5.40. The van der Waals surface area contributed by atoms with Gasteiger partial charge in [0.2, 0.25) is 11.8 Å². The van der Waals surface area contributed by atoms with Gasteiger partial charge in [0.15, 0.2) is 5.13 Å². The lowest BCUT2D eigenvalue weighted by Crippen LogP contribution is -2.34. The third kappa shape index (κ3) is 2.92. The van der Waals surface area contributed by atoms with Gasteiger partial charge in [-0.05, 0) is 12.8 Å². The van der Waals surface area contributed by atoms with Gasteiger partial charge in [0.25, 0.3) is 0 Å². The first kappa shape index (κ1) is 13.4. The summed E-state index contributed by atoms with van der Waals surface area (Å²) in [7, 11) is 0. The molecule has 6 nitrogen and oxygen atoms in total. The van der Waals surface area contributed by atoms with Gasteiger partial charge in [0.05, 0.1) is 11.6 Å². The van der Waals surface area contributed by atoms with Crippen molar-refractivity contribution in [3.63, 3.8) is 0 Å². The topological polar surface area (TPSA) is 88.3 Å². The number of carbonyl (C=O) groups excluding carboxylic acids is 2. The van der Waals surface area contributed by atoms with Gasteiger partial charge in [-0.3, -0.25) is 9.59 Å². The Labute approximate surface area is 121 Å². The minimum Gasteiger partial charge on any atom is -0.375 e. The number of rotatable bonds is 5. The fourth-order valence-corrected chi connectivity index (χ4v) is 3.14. The molecule has 0 unspecified atom stereocenters. The Morgan fingerprint density at radius 3 is 3.00 bits per heavy atom. The maximum Gasteiger partial charge on any atom is 0.225 e. The van der Waals surface area contributed by atoms with Crippen LogP contribution < -0.4 is 11.1 Å². The van der Waals surface area contributed by atoms with Gasteiger partial charge in [-0.2, -0.15) is 0 Å². The molecular weight excluding hydrogens is 276 g/mol. The molecule has 1 saturated carbocycles. The average Bonchev–Trinajstić information content (AvgIpc) is 3.06. The third-order valence-electron chi connectivity index (χ3n) is 3.77. The van der Waals surface area contributed by atoms with Crippen LogP contribution in [0.25, 0.3) is 0 Å². The first-order valence-corrected chi connectivity index (χ1v) is 7.78. The summed E-state index contributed by atoms with van der Waals surface area (Å²) < 4.78 is 0. The molecule has 108 valence electrons. The summed E-state index contributed by atoms with van der Waals surface area (Å²) in [6, 6.07) is 0.401. The summed E-state index contributed by atoms with van der Waals surface area (Å²) in [4.78, 5) is 29.8. The average molecular weight is 294 g/mol. The van der Waals surface area contributed by atoms with Crippen LogP contribution in [-0.4, -0.2) is 40.8 Å². The second kappa shape index (κ2) is 5.40. The molecule has 2 fully saturated rings. The molecule has 20 heavy (non-hydrogen) atoms. The first-order valence-electron chi connectivity index (χ1n) is 6.90. The number of amides is 2. The smallest absolute Gasteiger partial charge is 0.225 e. The van der Waals surface area contributed by atoms with Crippen molar-refractivity contribution in [3.05, 3.63) is 11.1 Å². The number of nitrogens with one attached hydrogen (secondary N) is 1. The highest BCUT2D eigenvalue weighted by molar-refractivity contribution is 7.13. The molecule has 1 aliphatic heterocycles. The molecule has 1 aromatic heterocycles. The minimum absolute atomic E-state index is 0.0234. The molecule has 1 aromatic rings. The molecule has 2 aliphatic rings. The fraction of sp³-hybridized carbons (Fsp3) is 0.615. The van der Waals surface area contributed by atoms with Crippen molar-refractivity contribution in [1.29, 1.82) is 0 Å². The summed E-state index contributed by atoms with van der Waals surface area (Å²) in [6.07, 6.45) is 3.20. The van der Waals surface area contributed by atoms with E-state index in [1.807, 2.05) is 10.3 Å². The minimum atomic E-state index is -0.191. The summed E-state index contributed by atoms with van der Waals surface area (Å²) >= 11 is 1.40. The molecule has 1 saturated heterocycles. The monoisotopic (exact) mass is 294 g/mol. The molecular formula is C13H18N4O2S. The van der Waals surface area contributed by atoms with Crippen LogP contribution in [0, 0.1) is 5.92 Å². The summed E-state index contributed by atoms with van der Waals surface area (Å²) in [6.45, 7) is 1.12. The molecule has 0 radical (unpaired) electrons. The SMILES string of the molecule is Nc1nc(CCNC(=O)[C@@H]2CC(=O)N(C3CC3)C2)cs1. The van der Waals surface area contributed by atoms with E-state index < -0.39 is 0 Å². The summed E-state index contributed by atoms with van der Waals surface area (Å²) in [5.41, 5.74) is 6.45. The van der Waals surface area contributed by atoms with E-state index in [1.165, 1.54) is 11.3 Å². The lowest BCUT2D eigenvalue weighted by atomic mass is 10.1. The Bertz CT molecular complexity index is 526. The number of anilines is 1. The highest BCUT2D eigenvalue weighted by Gasteiger charge is 2.41. The maximum atomic E-state index is 12.0. The largest absolute Gasteiger partial charge is 0.375 e. The number of hydrogen-bond acceptors (Lipinski definition) is 5. The zero-order valence-electron chi connectivity index (χ0n) is 11.2. The van der Waals surface area contributed by atoms with Crippen LogP contribution in [0.2, 0.25) is 0 Å². The molecule has 3 N–H and O–H groups in total. The Hall–Kier alpha value is -1.63. The fourth-order valence-electron chi connectivity index (χ4n) is 2.54. The molecule has 2 amide bonds. The molecule has 7 heteroatoms. The standard InChI is InChI=1S/C13H18N4O2S/c14-13-16-9(7-20-13)3-4-15-12(19)8-5-11(18)17(6-8)10-1-2-10/h7-8,10H,1-6H2,(H2,14,16)(H,15,19)/t8-/m1/s1. The van der Waals surface area contributed by atoms with Gasteiger partial charge in [0, 0.05) is 37.4 Å². The van der Waals surface area contributed by atoms with E-state index in [9.17, 15) is 9.59 Å². The predicted octanol–water partition coefficient (Wildman–Crippen LogP) is 0.395. The van der Waals surface area contributed by atoms with E-state index in [4.69, 9.17) is 5.73 Å². The van der Waals surface area contributed by atoms with E-state index in [-0.39, 0.29) is 17.7 Å². The van der Waals surface area contributed by atoms with Crippen molar-refractivity contribution < 1.29 is 9.59 Å². The Morgan fingerprint density at radius 2 is 2.35 bits per heavy atom. The molecule has 3 rings (SSSR count). The zero-order chi connectivity index (χ0) is 14.1. The zero-order valence-corrected chi connectivity index (χ0v) is 12.0. The van der Waals surface area contributed by atoms with Gasteiger partial charge in [-0.15, -0.1) is 11.3 Å². The molecule has 1 atom stereocenters. The molecule has 1 aliphatic carbocycles. The Kier molecular flexibility index (Phi) is 3.60. The molecule has 0 aromatic carbocycles. The number of likely N-dealkylation sites (tertiary alicyclic amines) is 1. The van der Waals surface area contributed by atoms with Gasteiger partial charge >= 0.3 is 0 Å². The summed E-state index contributed by atoms with van der Waals surface area (Å²) in [5, 5.41) is 5.34. The Balaban J connectivity index is 1.44. The second-order valence-corrected chi connectivity index (χ2v) is 6.29. The number of thiazole rings is 1. The van der Waals surface area contributed by atoms with Gasteiger partial charge in [-0.25, -0.2) is 4.98 Å². The Morgan fingerprint density at radius 1 is 1.55 bits per heavy atom. The highest BCUT2D eigenvalue weighted by Crippen LogP contribution is 2.32. The van der Waals surface area contributed by atoms with Crippen LogP contribution in [0.1, 0.15) is 25.0 Å². The highest BCUT2D eigenvalue weighted by atomic mass is 32.1. The first-order chi connectivity index (χ1) is 9.63. The van der Waals surface area contributed by atoms with Crippen LogP contribution in [0.5, 0.6) is 0 Å². The van der Waals surface area contributed by atoms with Gasteiger partial charge < -0.3 is 16.0 Å². The van der Waals surface area contributed by atoms with Crippen LogP contribution in [0.4, 0.5) is 5.13 Å². The quantitative estimate of drug-likeness (QED) is 0.822. The van der Waals surface area contributed by atoms with E-state index in [1.54, 1.807) is 0 Å². The van der Waals surface area contributed by atoms with Crippen molar-refractivity contribution in [2.45, 2.75) is 31.7 Å². The van der Waals surface area contributed by atoms with Crippen LogP contribution in [-0.2, 0) is 16.0 Å². The van der Waals surface area contributed by atoms with Crippen molar-refractivity contribution >= 4 is 28.3 Å². The van der Waals surface area contributed by atoms with Crippen molar-refractivity contribution in [3.8, 4) is 0 Å². The third-order valence-corrected chi connectivity index (χ3v) is 4.49. The number of nitrogens with zero attached hydrogens (tertiary/aromatic N) is 2. The van der Waals surface area contributed by atoms with E-state index in [0.717, 1.165) is 18.5 Å². The normalized spacial score (nSPS) is 22.3. The lowest BCUT2D eigenvalue weighted by molar-refractivity contribution is -0.129. The maximum absolute atomic E-state index is 12.0. The van der Waals surface area contributed by atoms with E-state index in [2.05, 4.69) is 10.3 Å². The van der Waals surface area contributed by atoms with Crippen molar-refractivity contribution in [2.24, 2.45) is 5.92 Å². The number of nitrogens with two attached hydrogens (primary N) is 1. The van der Waals surface area contributed by atoms with Gasteiger partial charge in [0.1, 0.15) is 0 Å². The van der Waals surface area contributed by atoms with Crippen LogP contribution in [0.15, 0.2) is 5.38 Å². The predicted molar refractivity (Wildman–Crippen MR) is 76.1 cm³/mol. The number of aromatic nitrogens is 1. The number of hydrogen-bond donors (Lipinski definition) is 2. The molecule has 0 spiro atoms. The van der Waals surface area contributed by atoms with Gasteiger partial charge in [-0.1, -0.05) is 0 Å². The number of carbonyl (C=O) groups is 2.